The van der Waals surface area contributed by atoms with Gasteiger partial charge in [0.05, 0.1) is 5.75 Å². The van der Waals surface area contributed by atoms with Gasteiger partial charge >= 0.3 is 0 Å². The number of carbonyl (C=O) groups excluding carboxylic acids is 1. The van der Waals surface area contributed by atoms with E-state index in [2.05, 4.69) is 44.4 Å². The normalized spacial score (nSPS) is 19.3. The average Bonchev–Trinajstić information content (AvgIpc) is 2.27. The first-order valence-corrected chi connectivity index (χ1v) is 8.64. The predicted octanol–water partition coefficient (Wildman–Crippen LogP) is 2.75. The van der Waals surface area contributed by atoms with Crippen LogP contribution in [0.2, 0.25) is 0 Å². The van der Waals surface area contributed by atoms with Gasteiger partial charge in [-0.25, -0.2) is 0 Å². The highest BCUT2D eigenvalue weighted by molar-refractivity contribution is 8.01. The van der Waals surface area contributed by atoms with Crippen molar-refractivity contribution >= 4 is 17.5 Å². The molecule has 0 atom stereocenters. The van der Waals surface area contributed by atoms with Crippen LogP contribution >= 0.6 is 11.8 Å². The van der Waals surface area contributed by atoms with Crippen LogP contribution in [0.15, 0.2) is 0 Å². The molecule has 0 aromatic rings. The highest BCUT2D eigenvalue weighted by Gasteiger charge is 2.26. The Morgan fingerprint density at radius 1 is 0.950 bits per heavy atom. The monoisotopic (exact) mass is 300 g/mol. The number of nitrogens with zero attached hydrogens (tertiary/aromatic N) is 2. The lowest BCUT2D eigenvalue weighted by Gasteiger charge is -2.40. The third kappa shape index (κ3) is 7.65. The van der Waals surface area contributed by atoms with Crippen LogP contribution in [0.4, 0.5) is 0 Å². The van der Waals surface area contributed by atoms with Gasteiger partial charge in [-0.1, -0.05) is 20.8 Å². The molecular weight excluding hydrogens is 268 g/mol. The standard InChI is InChI=1S/C16H32N2OS/c1-14(19)11-20-16(5,6)13-18-9-7-17(8-10-18)12-15(2,3)4/h7-13H2,1-6H3. The van der Waals surface area contributed by atoms with Crippen molar-refractivity contribution < 1.29 is 4.79 Å². The summed E-state index contributed by atoms with van der Waals surface area (Å²) in [6, 6.07) is 0. The molecule has 0 aromatic heterocycles. The molecule has 1 heterocycles. The number of rotatable bonds is 6. The number of Topliss-reactive ketones (excluding diaryl/α,β-unsaturated/α-hetero) is 1. The fraction of sp³-hybridized carbons (Fsp3) is 0.938. The predicted molar refractivity (Wildman–Crippen MR) is 89.6 cm³/mol. The Morgan fingerprint density at radius 3 is 1.80 bits per heavy atom. The number of carbonyl (C=O) groups is 1. The van der Waals surface area contributed by atoms with E-state index in [0.29, 0.717) is 11.2 Å². The second kappa shape index (κ2) is 7.28. The van der Waals surface area contributed by atoms with Crippen LogP contribution in [-0.4, -0.2) is 65.4 Å². The molecule has 0 aromatic carbocycles. The molecule has 1 saturated heterocycles. The summed E-state index contributed by atoms with van der Waals surface area (Å²) >= 11 is 1.79. The molecule has 0 N–H and O–H groups in total. The van der Waals surface area contributed by atoms with Crippen molar-refractivity contribution in [2.24, 2.45) is 5.41 Å². The summed E-state index contributed by atoms with van der Waals surface area (Å²) in [6.45, 7) is 20.0. The molecule has 0 radical (unpaired) electrons. The zero-order valence-corrected chi connectivity index (χ0v) is 15.0. The van der Waals surface area contributed by atoms with Gasteiger partial charge in [-0.05, 0) is 26.2 Å². The molecule has 1 aliphatic heterocycles. The molecule has 3 nitrogen and oxygen atoms in total. The maximum Gasteiger partial charge on any atom is 0.139 e. The Hall–Kier alpha value is -0.0600. The first-order valence-electron chi connectivity index (χ1n) is 7.65. The van der Waals surface area contributed by atoms with E-state index in [0.717, 1.165) is 19.6 Å². The van der Waals surface area contributed by atoms with Gasteiger partial charge in [0.1, 0.15) is 5.78 Å². The summed E-state index contributed by atoms with van der Waals surface area (Å²) in [4.78, 5) is 16.2. The maximum absolute atomic E-state index is 11.1. The fourth-order valence-electron chi connectivity index (χ4n) is 2.66. The highest BCUT2D eigenvalue weighted by atomic mass is 32.2. The molecule has 4 heteroatoms. The number of piperazine rings is 1. The second-order valence-electron chi connectivity index (χ2n) is 7.86. The van der Waals surface area contributed by atoms with E-state index in [1.54, 1.807) is 18.7 Å². The van der Waals surface area contributed by atoms with Gasteiger partial charge in [-0.2, -0.15) is 0 Å². The molecule has 1 fully saturated rings. The third-order valence-corrected chi connectivity index (χ3v) is 4.89. The van der Waals surface area contributed by atoms with Gasteiger partial charge in [0.2, 0.25) is 0 Å². The van der Waals surface area contributed by atoms with E-state index >= 15 is 0 Å². The minimum absolute atomic E-state index is 0.165. The van der Waals surface area contributed by atoms with Crippen molar-refractivity contribution in [1.29, 1.82) is 0 Å². The maximum atomic E-state index is 11.1. The van der Waals surface area contributed by atoms with Crippen LogP contribution in [0.1, 0.15) is 41.5 Å². The molecule has 0 saturated carbocycles. The summed E-state index contributed by atoms with van der Waals surface area (Å²) in [5.74, 6) is 0.912. The van der Waals surface area contributed by atoms with Gasteiger partial charge < -0.3 is 4.90 Å². The highest BCUT2D eigenvalue weighted by Crippen LogP contribution is 2.26. The fourth-order valence-corrected chi connectivity index (χ4v) is 3.53. The lowest BCUT2D eigenvalue weighted by molar-refractivity contribution is -0.114. The first-order chi connectivity index (χ1) is 9.07. The van der Waals surface area contributed by atoms with Crippen LogP contribution in [0.25, 0.3) is 0 Å². The quantitative estimate of drug-likeness (QED) is 0.752. The van der Waals surface area contributed by atoms with E-state index in [9.17, 15) is 4.79 Å². The third-order valence-electron chi connectivity index (χ3n) is 3.43. The van der Waals surface area contributed by atoms with Crippen molar-refractivity contribution in [1.82, 2.24) is 9.80 Å². The molecule has 118 valence electrons. The number of thioether (sulfide) groups is 1. The van der Waals surface area contributed by atoms with Crippen molar-refractivity contribution in [2.45, 2.75) is 46.3 Å². The Balaban J connectivity index is 2.33. The molecular formula is C16H32N2OS. The van der Waals surface area contributed by atoms with Crippen molar-refractivity contribution in [3.05, 3.63) is 0 Å². The van der Waals surface area contributed by atoms with Gasteiger partial charge in [0.25, 0.3) is 0 Å². The van der Waals surface area contributed by atoms with Gasteiger partial charge in [0.15, 0.2) is 0 Å². The summed E-state index contributed by atoms with van der Waals surface area (Å²) in [5.41, 5.74) is 0.388. The molecule has 0 spiro atoms. The molecule has 0 unspecified atom stereocenters. The average molecular weight is 301 g/mol. The summed E-state index contributed by atoms with van der Waals surface area (Å²) in [7, 11) is 0. The van der Waals surface area contributed by atoms with Crippen molar-refractivity contribution in [3.63, 3.8) is 0 Å². The topological polar surface area (TPSA) is 23.6 Å². The minimum Gasteiger partial charge on any atom is -0.300 e. The summed E-state index contributed by atoms with van der Waals surface area (Å²) < 4.78 is 0.165. The van der Waals surface area contributed by atoms with Crippen LogP contribution in [0.3, 0.4) is 0 Å². The minimum atomic E-state index is 0.165. The molecule has 0 aliphatic carbocycles. The SMILES string of the molecule is CC(=O)CSC(C)(C)CN1CCN(CC(C)(C)C)CC1. The zero-order chi connectivity index (χ0) is 15.4. The van der Waals surface area contributed by atoms with Gasteiger partial charge in [-0.15, -0.1) is 11.8 Å². The van der Waals surface area contributed by atoms with Crippen LogP contribution < -0.4 is 0 Å². The number of ketones is 1. The molecule has 20 heavy (non-hydrogen) atoms. The van der Waals surface area contributed by atoms with E-state index < -0.39 is 0 Å². The number of hydrogen-bond donors (Lipinski definition) is 0. The van der Waals surface area contributed by atoms with E-state index in [1.165, 1.54) is 19.6 Å². The van der Waals surface area contributed by atoms with Crippen molar-refractivity contribution in [3.8, 4) is 0 Å². The van der Waals surface area contributed by atoms with Gasteiger partial charge in [0, 0.05) is 44.0 Å². The largest absolute Gasteiger partial charge is 0.300 e. The van der Waals surface area contributed by atoms with E-state index in [4.69, 9.17) is 0 Å². The lowest BCUT2D eigenvalue weighted by Crippen LogP contribution is -2.51. The Morgan fingerprint density at radius 2 is 1.40 bits per heavy atom. The number of hydrogen-bond acceptors (Lipinski definition) is 4. The molecule has 0 amide bonds. The van der Waals surface area contributed by atoms with E-state index in [1.807, 2.05) is 0 Å². The van der Waals surface area contributed by atoms with Crippen molar-refractivity contribution in [2.75, 3.05) is 45.0 Å². The van der Waals surface area contributed by atoms with Crippen LogP contribution in [-0.2, 0) is 4.79 Å². The Bertz CT molecular complexity index is 315. The molecule has 1 aliphatic rings. The van der Waals surface area contributed by atoms with Gasteiger partial charge in [-0.3, -0.25) is 9.69 Å². The first kappa shape index (κ1) is 18.0. The molecule has 0 bridgehead atoms. The lowest BCUT2D eigenvalue weighted by atomic mass is 9.96. The Kier molecular flexibility index (Phi) is 6.55. The summed E-state index contributed by atoms with van der Waals surface area (Å²) in [5, 5.41) is 0. The smallest absolute Gasteiger partial charge is 0.139 e. The second-order valence-corrected chi connectivity index (χ2v) is 9.55. The van der Waals surface area contributed by atoms with E-state index in [-0.39, 0.29) is 10.5 Å². The van der Waals surface area contributed by atoms with Crippen LogP contribution in [0, 0.1) is 5.41 Å². The Labute approximate surface area is 129 Å². The summed E-state index contributed by atoms with van der Waals surface area (Å²) in [6.07, 6.45) is 0. The van der Waals surface area contributed by atoms with Crippen LogP contribution in [0.5, 0.6) is 0 Å². The molecule has 1 rings (SSSR count). The zero-order valence-electron chi connectivity index (χ0n) is 14.2.